The number of hydrogen-bond acceptors (Lipinski definition) is 4. The number of sulfonamides is 1. The van der Waals surface area contributed by atoms with Crippen molar-refractivity contribution in [3.63, 3.8) is 0 Å². The molecule has 2 rings (SSSR count). The zero-order valence-electron chi connectivity index (χ0n) is 13.2. The molecule has 1 aliphatic heterocycles. The molecule has 0 aromatic carbocycles. The van der Waals surface area contributed by atoms with Gasteiger partial charge in [-0.2, -0.15) is 9.40 Å². The number of aromatic nitrogens is 2. The summed E-state index contributed by atoms with van der Waals surface area (Å²) < 4.78 is 27.8. The third-order valence-corrected chi connectivity index (χ3v) is 5.95. The Morgan fingerprint density at radius 3 is 2.43 bits per heavy atom. The van der Waals surface area contributed by atoms with E-state index in [1.807, 2.05) is 31.8 Å². The van der Waals surface area contributed by atoms with Crippen LogP contribution in [0.3, 0.4) is 0 Å². The molecule has 6 nitrogen and oxygen atoms in total. The van der Waals surface area contributed by atoms with Crippen LogP contribution in [0.2, 0.25) is 0 Å². The standard InChI is InChI=1S/C14H26N4O2S/c1-4-5-10-21(19,20)18-8-6-17(7-9-18)12-14-11-16(3)15-13(14)2/h11H,4-10,12H2,1-3H3. The van der Waals surface area contributed by atoms with Crippen molar-refractivity contribution < 1.29 is 8.42 Å². The first-order chi connectivity index (χ1) is 9.92. The summed E-state index contributed by atoms with van der Waals surface area (Å²) in [5, 5.41) is 4.35. The second kappa shape index (κ2) is 6.89. The largest absolute Gasteiger partial charge is 0.296 e. The van der Waals surface area contributed by atoms with Crippen molar-refractivity contribution in [3.8, 4) is 0 Å². The minimum Gasteiger partial charge on any atom is -0.296 e. The molecule has 1 aliphatic rings. The molecule has 1 aromatic rings. The minimum atomic E-state index is -3.06. The van der Waals surface area contributed by atoms with E-state index in [1.165, 1.54) is 5.56 Å². The van der Waals surface area contributed by atoms with E-state index >= 15 is 0 Å². The van der Waals surface area contributed by atoms with Crippen molar-refractivity contribution in [1.82, 2.24) is 19.0 Å². The molecular formula is C14H26N4O2S. The smallest absolute Gasteiger partial charge is 0.214 e. The summed E-state index contributed by atoms with van der Waals surface area (Å²) in [4.78, 5) is 2.30. The van der Waals surface area contributed by atoms with Crippen molar-refractivity contribution in [1.29, 1.82) is 0 Å². The maximum Gasteiger partial charge on any atom is 0.214 e. The second-order valence-electron chi connectivity index (χ2n) is 5.76. The van der Waals surface area contributed by atoms with Gasteiger partial charge in [-0.05, 0) is 13.3 Å². The van der Waals surface area contributed by atoms with Gasteiger partial charge in [0.25, 0.3) is 0 Å². The molecule has 0 N–H and O–H groups in total. The summed E-state index contributed by atoms with van der Waals surface area (Å²) in [6.07, 6.45) is 3.70. The van der Waals surface area contributed by atoms with E-state index in [-0.39, 0.29) is 5.75 Å². The summed E-state index contributed by atoms with van der Waals surface area (Å²) in [6.45, 7) is 7.67. The van der Waals surface area contributed by atoms with Gasteiger partial charge in [0.05, 0.1) is 11.4 Å². The number of rotatable bonds is 6. The fourth-order valence-corrected chi connectivity index (χ4v) is 4.30. The summed E-state index contributed by atoms with van der Waals surface area (Å²) in [5.74, 6) is 0.283. The molecule has 0 spiro atoms. The molecule has 0 bridgehead atoms. The van der Waals surface area contributed by atoms with E-state index in [4.69, 9.17) is 0 Å². The first kappa shape index (κ1) is 16.5. The third kappa shape index (κ3) is 4.28. The molecule has 0 atom stereocenters. The average Bonchev–Trinajstić information content (AvgIpc) is 2.75. The lowest BCUT2D eigenvalue weighted by molar-refractivity contribution is 0.181. The Hall–Kier alpha value is -0.920. The normalized spacial score (nSPS) is 18.2. The zero-order valence-corrected chi connectivity index (χ0v) is 14.1. The van der Waals surface area contributed by atoms with Crippen molar-refractivity contribution in [2.75, 3.05) is 31.9 Å². The Labute approximate surface area is 127 Å². The Morgan fingerprint density at radius 2 is 1.90 bits per heavy atom. The first-order valence-electron chi connectivity index (χ1n) is 7.61. The van der Waals surface area contributed by atoms with Crippen LogP contribution in [0, 0.1) is 6.92 Å². The summed E-state index contributed by atoms with van der Waals surface area (Å²) in [6, 6.07) is 0. The van der Waals surface area contributed by atoms with Gasteiger partial charge in [0.1, 0.15) is 0 Å². The number of nitrogens with zero attached hydrogens (tertiary/aromatic N) is 4. The highest BCUT2D eigenvalue weighted by Crippen LogP contribution is 2.14. The van der Waals surface area contributed by atoms with Gasteiger partial charge >= 0.3 is 0 Å². The van der Waals surface area contributed by atoms with Crippen LogP contribution in [0.25, 0.3) is 0 Å². The van der Waals surface area contributed by atoms with E-state index in [0.29, 0.717) is 13.1 Å². The van der Waals surface area contributed by atoms with Crippen molar-refractivity contribution >= 4 is 10.0 Å². The van der Waals surface area contributed by atoms with Crippen molar-refractivity contribution in [2.45, 2.75) is 33.2 Å². The van der Waals surface area contributed by atoms with Crippen molar-refractivity contribution in [2.24, 2.45) is 7.05 Å². The molecule has 21 heavy (non-hydrogen) atoms. The topological polar surface area (TPSA) is 58.4 Å². The summed E-state index contributed by atoms with van der Waals surface area (Å²) in [5.41, 5.74) is 2.27. The van der Waals surface area contributed by atoms with Crippen LogP contribution in [0.5, 0.6) is 0 Å². The number of unbranched alkanes of at least 4 members (excludes halogenated alkanes) is 1. The zero-order chi connectivity index (χ0) is 15.5. The van der Waals surface area contributed by atoms with Crippen molar-refractivity contribution in [3.05, 3.63) is 17.5 Å². The fraction of sp³-hybridized carbons (Fsp3) is 0.786. The lowest BCUT2D eigenvalue weighted by Gasteiger charge is -2.33. The molecule has 0 unspecified atom stereocenters. The van der Waals surface area contributed by atoms with Crippen LogP contribution in [0.15, 0.2) is 6.20 Å². The van der Waals surface area contributed by atoms with Gasteiger partial charge < -0.3 is 0 Å². The van der Waals surface area contributed by atoms with E-state index in [9.17, 15) is 8.42 Å². The fourth-order valence-electron chi connectivity index (χ4n) is 2.67. The van der Waals surface area contributed by atoms with Crippen LogP contribution in [0.4, 0.5) is 0 Å². The van der Waals surface area contributed by atoms with Gasteiger partial charge in [-0.1, -0.05) is 13.3 Å². The van der Waals surface area contributed by atoms with E-state index in [0.717, 1.165) is 38.2 Å². The lowest BCUT2D eigenvalue weighted by Crippen LogP contribution is -2.48. The molecule has 1 aromatic heterocycles. The Kier molecular flexibility index (Phi) is 5.40. The van der Waals surface area contributed by atoms with Crippen LogP contribution >= 0.6 is 0 Å². The monoisotopic (exact) mass is 314 g/mol. The molecule has 1 saturated heterocycles. The Bertz CT molecular complexity index is 560. The highest BCUT2D eigenvalue weighted by molar-refractivity contribution is 7.89. The van der Waals surface area contributed by atoms with Gasteiger partial charge in [0, 0.05) is 51.5 Å². The molecule has 1 fully saturated rings. The van der Waals surface area contributed by atoms with E-state index < -0.39 is 10.0 Å². The second-order valence-corrected chi connectivity index (χ2v) is 7.85. The highest BCUT2D eigenvalue weighted by atomic mass is 32.2. The maximum atomic E-state index is 12.2. The number of aryl methyl sites for hydroxylation is 2. The van der Waals surface area contributed by atoms with E-state index in [1.54, 1.807) is 4.31 Å². The van der Waals surface area contributed by atoms with Gasteiger partial charge in [-0.3, -0.25) is 9.58 Å². The first-order valence-corrected chi connectivity index (χ1v) is 9.22. The molecule has 0 aliphatic carbocycles. The predicted molar refractivity (Wildman–Crippen MR) is 83.5 cm³/mol. The SMILES string of the molecule is CCCCS(=O)(=O)N1CCN(Cc2cn(C)nc2C)CC1. The Morgan fingerprint density at radius 1 is 1.24 bits per heavy atom. The third-order valence-electron chi connectivity index (χ3n) is 3.99. The van der Waals surface area contributed by atoms with Gasteiger partial charge in [-0.15, -0.1) is 0 Å². The number of hydrogen-bond donors (Lipinski definition) is 0. The van der Waals surface area contributed by atoms with E-state index in [2.05, 4.69) is 10.00 Å². The Balaban J connectivity index is 1.87. The molecule has 7 heteroatoms. The quantitative estimate of drug-likeness (QED) is 0.785. The van der Waals surface area contributed by atoms with Crippen LogP contribution in [-0.2, 0) is 23.6 Å². The average molecular weight is 314 g/mol. The molecule has 0 radical (unpaired) electrons. The molecule has 2 heterocycles. The minimum absolute atomic E-state index is 0.283. The maximum absolute atomic E-state index is 12.2. The molecule has 120 valence electrons. The number of piperazine rings is 1. The molecule has 0 saturated carbocycles. The summed E-state index contributed by atoms with van der Waals surface area (Å²) in [7, 11) is -1.13. The highest BCUT2D eigenvalue weighted by Gasteiger charge is 2.26. The molecular weight excluding hydrogens is 288 g/mol. The van der Waals surface area contributed by atoms with Crippen LogP contribution < -0.4 is 0 Å². The lowest BCUT2D eigenvalue weighted by atomic mass is 10.2. The molecule has 0 amide bonds. The van der Waals surface area contributed by atoms with Gasteiger partial charge in [0.2, 0.25) is 10.0 Å². The predicted octanol–water partition coefficient (Wildman–Crippen LogP) is 0.976. The summed E-state index contributed by atoms with van der Waals surface area (Å²) >= 11 is 0. The van der Waals surface area contributed by atoms with Crippen LogP contribution in [0.1, 0.15) is 31.0 Å². The van der Waals surface area contributed by atoms with Gasteiger partial charge in [-0.25, -0.2) is 8.42 Å². The van der Waals surface area contributed by atoms with Crippen LogP contribution in [-0.4, -0.2) is 59.3 Å². The van der Waals surface area contributed by atoms with Gasteiger partial charge in [0.15, 0.2) is 0 Å².